The van der Waals surface area contributed by atoms with E-state index in [1.807, 2.05) is 0 Å². The highest BCUT2D eigenvalue weighted by Gasteiger charge is 2.45. The number of amides is 13. The number of aromatic hydroxyl groups is 1. The monoisotopic (exact) mass is 1730 g/mol. The Morgan fingerprint density at radius 1 is 0.444 bits per heavy atom. The third kappa shape index (κ3) is 28.8. The predicted octanol–water partition coefficient (Wildman–Crippen LogP) is 0.773. The summed E-state index contributed by atoms with van der Waals surface area (Å²) in [7, 11) is 0. The van der Waals surface area contributed by atoms with Crippen LogP contribution < -0.4 is 70.0 Å². The molecule has 5 aromatic rings. The van der Waals surface area contributed by atoms with Gasteiger partial charge in [0.15, 0.2) is 0 Å². The topological polar surface area (TPSA) is 597 Å². The number of para-hydroxylation sites is 2. The number of carboxylic acid groups (broad SMARTS) is 3. The highest BCUT2D eigenvalue weighted by atomic mass is 16.4. The second-order valence-corrected chi connectivity index (χ2v) is 33.5. The number of nitrogens with one attached hydrogen (secondary N) is 13. The van der Waals surface area contributed by atoms with Crippen LogP contribution in [0.2, 0.25) is 0 Å². The lowest BCUT2D eigenvalue weighted by Gasteiger charge is -2.31. The molecule has 0 aliphatic carbocycles. The zero-order valence-corrected chi connectivity index (χ0v) is 71.8. The molecule has 2 aliphatic rings. The first kappa shape index (κ1) is 99.0. The van der Waals surface area contributed by atoms with Crippen molar-refractivity contribution in [2.24, 2.45) is 35.1 Å². The number of fused-ring (bicyclic) bond motifs is 2. The van der Waals surface area contributed by atoms with Crippen molar-refractivity contribution in [1.82, 2.24) is 78.3 Å². The van der Waals surface area contributed by atoms with Crippen LogP contribution in [-0.2, 0) is 96.0 Å². The first-order valence-corrected chi connectivity index (χ1v) is 42.3. The highest BCUT2D eigenvalue weighted by molar-refractivity contribution is 6.02. The van der Waals surface area contributed by atoms with Gasteiger partial charge < -0.3 is 115 Å². The van der Waals surface area contributed by atoms with Crippen LogP contribution in [0.4, 0.5) is 0 Å². The summed E-state index contributed by atoms with van der Waals surface area (Å²) in [5.41, 5.74) is 14.7. The molecule has 2 fully saturated rings. The number of unbranched alkanes of at least 4 members (excludes halogenated alkanes) is 1. The number of carboxylic acids is 3. The number of hydrogen-bond acceptors (Lipinski definition) is 20. The molecule has 124 heavy (non-hydrogen) atoms. The normalized spacial score (nSPS) is 17.4. The number of likely N-dealkylation sites (tertiary alicyclic amines) is 2. The Hall–Kier alpha value is -12.1. The molecule has 38 nitrogen and oxygen atoms in total. The van der Waals surface area contributed by atoms with Gasteiger partial charge in [-0.15, -0.1) is 0 Å². The van der Waals surface area contributed by atoms with Crippen LogP contribution in [0.3, 0.4) is 0 Å². The molecule has 3 aromatic carbocycles. The smallest absolute Gasteiger partial charge is 0.326 e. The van der Waals surface area contributed by atoms with Gasteiger partial charge in [-0.05, 0) is 149 Å². The Morgan fingerprint density at radius 3 is 1.30 bits per heavy atom. The van der Waals surface area contributed by atoms with E-state index in [4.69, 9.17) is 11.5 Å². The van der Waals surface area contributed by atoms with Crippen LogP contribution in [0.5, 0.6) is 5.75 Å². The Kier molecular flexibility index (Phi) is 37.5. The maximum Gasteiger partial charge on any atom is 0.326 e. The number of aromatic nitrogens is 2. The highest BCUT2D eigenvalue weighted by Crippen LogP contribution is 2.27. The number of aliphatic carboxylic acids is 3. The van der Waals surface area contributed by atoms with Gasteiger partial charge in [0.1, 0.15) is 84.3 Å². The van der Waals surface area contributed by atoms with E-state index >= 15 is 0 Å². The number of benzene rings is 3. The lowest BCUT2D eigenvalue weighted by molar-refractivity contribution is -0.148. The predicted molar refractivity (Wildman–Crippen MR) is 455 cm³/mol. The van der Waals surface area contributed by atoms with Crippen molar-refractivity contribution in [3.8, 4) is 5.75 Å². The molecule has 7 rings (SSSR count). The number of nitrogens with two attached hydrogens (primary N) is 2. The lowest BCUT2D eigenvalue weighted by Crippen LogP contribution is -2.62. The van der Waals surface area contributed by atoms with E-state index in [1.165, 1.54) is 43.0 Å². The summed E-state index contributed by atoms with van der Waals surface area (Å²) in [5, 5.41) is 81.3. The summed E-state index contributed by atoms with van der Waals surface area (Å²) in [6, 6.07) is -0.803. The SMILES string of the molecule is CC[C@H](C)[C@H](NC(=O)[C@H](C)N)C(=O)N[C@@H](Cc1c[nH]c2ccccc12)C(=O)N[C@@H](Cc1ccc(O)cc1)C(=O)N[C@@H](CC(=O)O)C(=O)N1CCC[C@H]1C(=O)N[C@@H](CC(C)C)C(=O)N[C@H](C(=O)N[C@@H](CCCCN)C(=O)N[C@@H](CC(C)C)C(=O)N[C@@H](Cc1c[nH]c2ccccc12)C(=O)N[C@@H](CC(C)C)C(=O)N1CCC[C@H]1C(=O)N[C@@H](CC(=O)O)C(=O)O)[C@@H](C)O. The molecule has 0 bridgehead atoms. The standard InChI is InChI=1S/C86H123N17O21/c1-11-47(8)71(100-73(110)48(9)88)82(119)96-63(39-52-43-90-57-23-15-13-21-55(52)57)77(114)93-61(37-50-27-29-53(105)30-28-50)76(113)98-65(40-69(106)107)85(122)103-33-18-25-67(103)80(117)95-60(35-45(4)5)79(116)101-72(49(10)104)83(120)91-58(24-16-17-31-87)74(111)92-59(34-44(2)3)75(112)94-62(38-51-42-89-56-22-14-12-20-54(51)56)78(115)97-64(36-46(6)7)84(121)102-32-19-26-68(102)81(118)99-66(86(123)124)41-70(108)109/h12-15,20-23,27-30,42-49,58-68,71-72,89-90,104-105H,11,16-19,24-26,31-41,87-88H2,1-10H3,(H,91,120)(H,92,111)(H,93,114)(H,94,112)(H,95,117)(H,96,119)(H,97,115)(H,98,113)(H,99,118)(H,100,110)(H,101,116)(H,106,107)(H,108,109)(H,123,124)/t47-,48-,49+,58-,59-,60-,61-,62-,63-,64-,65-,66-,67-,68-,71-,72-/m0/s1. The summed E-state index contributed by atoms with van der Waals surface area (Å²) in [6.45, 7) is 16.7. The Morgan fingerprint density at radius 2 is 0.831 bits per heavy atom. The first-order valence-electron chi connectivity index (χ1n) is 42.3. The molecule has 38 heteroatoms. The third-order valence-corrected chi connectivity index (χ3v) is 22.0. The van der Waals surface area contributed by atoms with Gasteiger partial charge in [0, 0.05) is 66.6 Å². The summed E-state index contributed by atoms with van der Waals surface area (Å²) >= 11 is 0. The number of aliphatic hydroxyl groups is 1. The van der Waals surface area contributed by atoms with Crippen LogP contribution in [0.15, 0.2) is 85.2 Å². The minimum Gasteiger partial charge on any atom is -0.508 e. The number of carbonyl (C=O) groups is 16. The Balaban J connectivity index is 1.09. The molecule has 4 heterocycles. The van der Waals surface area contributed by atoms with E-state index in [-0.39, 0.29) is 114 Å². The van der Waals surface area contributed by atoms with E-state index in [2.05, 4.69) is 68.5 Å². The summed E-state index contributed by atoms with van der Waals surface area (Å²) < 4.78 is 0. The second kappa shape index (κ2) is 47.0. The fourth-order valence-electron chi connectivity index (χ4n) is 15.2. The van der Waals surface area contributed by atoms with Crippen molar-refractivity contribution in [3.63, 3.8) is 0 Å². The van der Waals surface area contributed by atoms with Gasteiger partial charge in [-0.25, -0.2) is 4.79 Å². The number of rotatable bonds is 48. The maximum atomic E-state index is 15.0. The molecule has 0 radical (unpaired) electrons. The van der Waals surface area contributed by atoms with E-state index in [0.29, 0.717) is 57.8 Å². The molecule has 2 aliphatic heterocycles. The average Bonchev–Trinajstić information content (AvgIpc) is 1.56. The van der Waals surface area contributed by atoms with Crippen LogP contribution >= 0.6 is 0 Å². The Bertz CT molecular complexity index is 4580. The van der Waals surface area contributed by atoms with Crippen molar-refractivity contribution < 1.29 is 102 Å². The fourth-order valence-corrected chi connectivity index (χ4v) is 15.2. The van der Waals surface area contributed by atoms with Crippen molar-refractivity contribution in [2.75, 3.05) is 19.6 Å². The van der Waals surface area contributed by atoms with E-state index in [1.54, 1.807) is 116 Å². The summed E-state index contributed by atoms with van der Waals surface area (Å²) in [6.07, 6.45) is 0.232. The molecule has 678 valence electrons. The minimum atomic E-state index is -1.91. The number of phenolic OH excluding ortho intramolecular Hbond substituents is 1. The number of aliphatic hydroxyl groups excluding tert-OH is 1. The second-order valence-electron chi connectivity index (χ2n) is 33.5. The molecule has 0 spiro atoms. The van der Waals surface area contributed by atoms with Crippen molar-refractivity contribution in [1.29, 1.82) is 0 Å². The summed E-state index contributed by atoms with van der Waals surface area (Å²) in [5.74, 6) is -17.8. The molecule has 2 saturated heterocycles. The number of H-pyrrole nitrogens is 2. The van der Waals surface area contributed by atoms with Gasteiger partial charge in [-0.2, -0.15) is 0 Å². The quantitative estimate of drug-likeness (QED) is 0.0239. The van der Waals surface area contributed by atoms with Gasteiger partial charge in [0.2, 0.25) is 76.8 Å². The van der Waals surface area contributed by atoms with Crippen molar-refractivity contribution in [3.05, 3.63) is 102 Å². The van der Waals surface area contributed by atoms with Gasteiger partial charge >= 0.3 is 17.9 Å². The number of aromatic amines is 2. The first-order chi connectivity index (χ1) is 58.7. The van der Waals surface area contributed by atoms with Gasteiger partial charge in [-0.1, -0.05) is 110 Å². The van der Waals surface area contributed by atoms with Crippen molar-refractivity contribution in [2.45, 2.75) is 263 Å². The van der Waals surface area contributed by atoms with Crippen LogP contribution in [0.25, 0.3) is 21.8 Å². The molecule has 16 atom stereocenters. The molecule has 0 saturated carbocycles. The third-order valence-electron chi connectivity index (χ3n) is 22.0. The maximum absolute atomic E-state index is 15.0. The number of nitrogens with zero attached hydrogens (tertiary/aromatic N) is 2. The van der Waals surface area contributed by atoms with Gasteiger partial charge in [-0.3, -0.25) is 71.9 Å². The van der Waals surface area contributed by atoms with E-state index < -0.39 is 204 Å². The zero-order chi connectivity index (χ0) is 91.5. The number of hydrogen-bond donors (Lipinski definition) is 20. The summed E-state index contributed by atoms with van der Waals surface area (Å²) in [4.78, 5) is 234. The van der Waals surface area contributed by atoms with Crippen LogP contribution in [-0.4, -0.2) is 250 Å². The number of phenols is 1. The van der Waals surface area contributed by atoms with Crippen molar-refractivity contribution >= 4 is 117 Å². The van der Waals surface area contributed by atoms with Gasteiger partial charge in [0.25, 0.3) is 0 Å². The largest absolute Gasteiger partial charge is 0.508 e. The molecule has 2 aromatic heterocycles. The Labute approximate surface area is 718 Å². The number of carbonyl (C=O) groups excluding carboxylic acids is 13. The molecule has 13 amide bonds. The fraction of sp³-hybridized carbons (Fsp3) is 0.558. The lowest BCUT2D eigenvalue weighted by atomic mass is 9.96. The van der Waals surface area contributed by atoms with Crippen LogP contribution in [0.1, 0.15) is 169 Å². The van der Waals surface area contributed by atoms with Gasteiger partial charge in [0.05, 0.1) is 25.0 Å². The van der Waals surface area contributed by atoms with Crippen LogP contribution in [0, 0.1) is 23.7 Å². The molecular formula is C86H123N17O21. The van der Waals surface area contributed by atoms with E-state index in [0.717, 1.165) is 4.90 Å². The zero-order valence-electron chi connectivity index (χ0n) is 71.8. The van der Waals surface area contributed by atoms with E-state index in [9.17, 15) is 102 Å². The minimum absolute atomic E-state index is 0.0255. The molecular weight excluding hydrogens is 1610 g/mol. The molecule has 22 N–H and O–H groups in total. The average molecular weight is 1730 g/mol. The molecule has 0 unspecified atom stereocenters.